The number of ether oxygens (including phenoxy) is 3. The van der Waals surface area contributed by atoms with Crippen LogP contribution in [0.3, 0.4) is 0 Å². The molecule has 3 aromatic rings. The second-order valence-corrected chi connectivity index (χ2v) is 8.94. The van der Waals surface area contributed by atoms with Gasteiger partial charge in [0, 0.05) is 16.6 Å². The van der Waals surface area contributed by atoms with E-state index < -0.39 is 34.8 Å². The minimum atomic E-state index is -2.25. The van der Waals surface area contributed by atoms with Gasteiger partial charge >= 0.3 is 5.97 Å². The molecule has 0 amide bonds. The molecule has 0 bridgehead atoms. The second-order valence-electron chi connectivity index (χ2n) is 8.02. The highest BCUT2D eigenvalue weighted by Gasteiger charge is 2.82. The number of ketones is 1. The van der Waals surface area contributed by atoms with Gasteiger partial charge in [-0.2, -0.15) is 0 Å². The minimum absolute atomic E-state index is 0.00403. The zero-order chi connectivity index (χ0) is 23.4. The van der Waals surface area contributed by atoms with E-state index >= 15 is 0 Å². The highest BCUT2D eigenvalue weighted by atomic mass is 79.9. The van der Waals surface area contributed by atoms with Gasteiger partial charge in [-0.1, -0.05) is 58.4 Å². The van der Waals surface area contributed by atoms with Crippen LogP contribution in [0.1, 0.15) is 27.4 Å². The fraction of sp³-hybridized carbons (Fsp3) is 0.240. The van der Waals surface area contributed by atoms with Crippen LogP contribution in [-0.2, 0) is 15.1 Å². The first-order chi connectivity index (χ1) is 15.9. The molecular weight excluding hydrogens is 490 g/mol. The van der Waals surface area contributed by atoms with Crippen molar-refractivity contribution in [2.45, 2.75) is 17.1 Å². The number of pyridine rings is 1. The van der Waals surface area contributed by atoms with Crippen LogP contribution in [0.5, 0.6) is 11.6 Å². The summed E-state index contributed by atoms with van der Waals surface area (Å²) in [6.07, 6.45) is 1.47. The molecule has 0 saturated heterocycles. The molecule has 2 aromatic carbocycles. The number of aliphatic hydroxyl groups is 1. The Kier molecular flexibility index (Phi) is 5.02. The molecular formula is C25H20BrNO6. The maximum atomic E-state index is 14.0. The lowest BCUT2D eigenvalue weighted by atomic mass is 9.44. The van der Waals surface area contributed by atoms with Gasteiger partial charge in [0.15, 0.2) is 11.2 Å². The molecule has 5 rings (SSSR count). The number of nitrogens with zero attached hydrogens (tertiary/aromatic N) is 1. The Hall–Kier alpha value is -3.23. The number of carbonyl (C=O) groups excluding carboxylic acids is 2. The van der Waals surface area contributed by atoms with Crippen molar-refractivity contribution < 1.29 is 28.9 Å². The van der Waals surface area contributed by atoms with E-state index in [0.717, 1.165) is 10.0 Å². The number of halogens is 1. The smallest absolute Gasteiger partial charge is 0.313 e. The Morgan fingerprint density at radius 2 is 1.79 bits per heavy atom. The van der Waals surface area contributed by atoms with Crippen LogP contribution in [-0.4, -0.2) is 41.7 Å². The summed E-state index contributed by atoms with van der Waals surface area (Å²) in [7, 11) is 2.61. The summed E-state index contributed by atoms with van der Waals surface area (Å²) in [6, 6.07) is 17.9. The number of benzene rings is 2. The summed E-state index contributed by atoms with van der Waals surface area (Å²) in [5, 5.41) is 12.2. The van der Waals surface area contributed by atoms with E-state index in [1.54, 1.807) is 30.3 Å². The van der Waals surface area contributed by atoms with E-state index in [1.807, 2.05) is 30.3 Å². The number of methoxy groups -OCH3 is 2. The molecule has 33 heavy (non-hydrogen) atoms. The fourth-order valence-electron chi connectivity index (χ4n) is 5.21. The van der Waals surface area contributed by atoms with Crippen molar-refractivity contribution in [3.63, 3.8) is 0 Å². The molecule has 4 atom stereocenters. The lowest BCUT2D eigenvalue weighted by molar-refractivity contribution is -0.251. The molecule has 2 heterocycles. The quantitative estimate of drug-likeness (QED) is 0.536. The van der Waals surface area contributed by atoms with E-state index in [9.17, 15) is 14.7 Å². The van der Waals surface area contributed by atoms with Crippen LogP contribution < -0.4 is 9.47 Å². The van der Waals surface area contributed by atoms with Crippen LogP contribution in [0, 0.1) is 5.92 Å². The third-order valence-electron chi connectivity index (χ3n) is 6.59. The van der Waals surface area contributed by atoms with Crippen molar-refractivity contribution in [2.24, 2.45) is 5.92 Å². The molecule has 0 spiro atoms. The number of rotatable bonds is 4. The summed E-state index contributed by atoms with van der Waals surface area (Å²) in [5.41, 5.74) is -2.55. The predicted molar refractivity (Wildman–Crippen MR) is 121 cm³/mol. The summed E-state index contributed by atoms with van der Waals surface area (Å²) in [5.74, 6) is -3.07. The van der Waals surface area contributed by atoms with Crippen LogP contribution in [0.4, 0.5) is 0 Å². The first-order valence-electron chi connectivity index (χ1n) is 10.3. The number of carbonyl (C=O) groups is 2. The molecule has 1 aromatic heterocycles. The second kappa shape index (κ2) is 7.67. The molecule has 1 N–H and O–H groups in total. The monoisotopic (exact) mass is 509 g/mol. The molecule has 1 saturated carbocycles. The SMILES string of the molecule is COC(=O)C1C(c2ccccc2)C2(c3ccc(Br)cc3)Oc3ccnc(OC)c3C(=O)C12O. The van der Waals surface area contributed by atoms with Crippen molar-refractivity contribution in [2.75, 3.05) is 14.2 Å². The average Bonchev–Trinajstić information content (AvgIpc) is 2.84. The van der Waals surface area contributed by atoms with Gasteiger partial charge in [-0.05, 0) is 29.3 Å². The van der Waals surface area contributed by atoms with Gasteiger partial charge in [-0.25, -0.2) is 4.98 Å². The van der Waals surface area contributed by atoms with Gasteiger partial charge in [0.25, 0.3) is 0 Å². The number of Topliss-reactive ketones (excluding diaryl/α,β-unsaturated/α-hetero) is 1. The number of hydrogen-bond donors (Lipinski definition) is 1. The van der Waals surface area contributed by atoms with E-state index in [1.165, 1.54) is 20.4 Å². The highest BCUT2D eigenvalue weighted by Crippen LogP contribution is 2.68. The zero-order valence-electron chi connectivity index (χ0n) is 17.8. The molecule has 8 heteroatoms. The summed E-state index contributed by atoms with van der Waals surface area (Å²) < 4.78 is 17.7. The van der Waals surface area contributed by atoms with Crippen molar-refractivity contribution in [1.82, 2.24) is 4.98 Å². The lowest BCUT2D eigenvalue weighted by Crippen LogP contribution is -2.80. The predicted octanol–water partition coefficient (Wildman–Crippen LogP) is 3.64. The number of fused-ring (bicyclic) bond motifs is 2. The van der Waals surface area contributed by atoms with Gasteiger partial charge in [-0.3, -0.25) is 9.59 Å². The molecule has 168 valence electrons. The third kappa shape index (κ3) is 2.74. The maximum Gasteiger partial charge on any atom is 0.313 e. The highest BCUT2D eigenvalue weighted by molar-refractivity contribution is 9.10. The first kappa shape index (κ1) is 21.6. The Morgan fingerprint density at radius 3 is 2.42 bits per heavy atom. The van der Waals surface area contributed by atoms with Gasteiger partial charge < -0.3 is 19.3 Å². The van der Waals surface area contributed by atoms with E-state index in [2.05, 4.69) is 20.9 Å². The minimum Gasteiger partial charge on any atom is -0.480 e. The molecule has 4 unspecified atom stereocenters. The molecule has 2 aliphatic rings. The number of esters is 1. The molecule has 0 radical (unpaired) electrons. The van der Waals surface area contributed by atoms with Crippen LogP contribution in [0.25, 0.3) is 0 Å². The van der Waals surface area contributed by atoms with E-state index in [0.29, 0.717) is 5.56 Å². The lowest BCUT2D eigenvalue weighted by Gasteiger charge is -2.65. The van der Waals surface area contributed by atoms with Gasteiger partial charge in [0.05, 0.1) is 14.2 Å². The normalized spacial score (nSPS) is 27.5. The van der Waals surface area contributed by atoms with Gasteiger partial charge in [0.2, 0.25) is 11.7 Å². The Balaban J connectivity index is 1.84. The Bertz CT molecular complexity index is 1250. The molecule has 1 aliphatic carbocycles. The summed E-state index contributed by atoms with van der Waals surface area (Å²) >= 11 is 3.43. The topological polar surface area (TPSA) is 95.0 Å². The first-order valence-corrected chi connectivity index (χ1v) is 11.1. The Labute approximate surface area is 198 Å². The van der Waals surface area contributed by atoms with Crippen LogP contribution in [0.2, 0.25) is 0 Å². The third-order valence-corrected chi connectivity index (χ3v) is 7.12. The zero-order valence-corrected chi connectivity index (χ0v) is 19.4. The molecule has 1 aliphatic heterocycles. The van der Waals surface area contributed by atoms with E-state index in [4.69, 9.17) is 14.2 Å². The Morgan fingerprint density at radius 1 is 1.09 bits per heavy atom. The fourth-order valence-corrected chi connectivity index (χ4v) is 5.48. The van der Waals surface area contributed by atoms with Crippen molar-refractivity contribution >= 4 is 27.7 Å². The largest absolute Gasteiger partial charge is 0.480 e. The van der Waals surface area contributed by atoms with Crippen LogP contribution in [0.15, 0.2) is 71.3 Å². The molecule has 7 nitrogen and oxygen atoms in total. The summed E-state index contributed by atoms with van der Waals surface area (Å²) in [6.45, 7) is 0. The number of aromatic nitrogens is 1. The summed E-state index contributed by atoms with van der Waals surface area (Å²) in [4.78, 5) is 31.1. The van der Waals surface area contributed by atoms with Crippen molar-refractivity contribution in [1.29, 1.82) is 0 Å². The molecule has 1 fully saturated rings. The van der Waals surface area contributed by atoms with Crippen molar-refractivity contribution in [3.8, 4) is 11.6 Å². The van der Waals surface area contributed by atoms with Gasteiger partial charge in [0.1, 0.15) is 17.2 Å². The number of hydrogen-bond acceptors (Lipinski definition) is 7. The van der Waals surface area contributed by atoms with Crippen LogP contribution >= 0.6 is 15.9 Å². The van der Waals surface area contributed by atoms with E-state index in [-0.39, 0.29) is 17.2 Å². The maximum absolute atomic E-state index is 14.0. The van der Waals surface area contributed by atoms with Crippen molar-refractivity contribution in [3.05, 3.63) is 88.0 Å². The van der Waals surface area contributed by atoms with Gasteiger partial charge in [-0.15, -0.1) is 0 Å². The average molecular weight is 510 g/mol. The standard InChI is InChI=1S/C25H20BrNO6/c1-31-22-18-17(12-13-27-22)33-25(15-8-10-16(26)11-9-15)19(14-6-4-3-5-7-14)20(23(29)32-2)24(25,30)21(18)28/h3-13,19-20,30H,1-2H3.